The number of Topliss-reactive ketones (excluding diaryl/α,β-unsaturated/α-hetero) is 1. The van der Waals surface area contributed by atoms with Crippen LogP contribution < -0.4 is 4.74 Å². The minimum Gasteiger partial charge on any atom is -0.497 e. The van der Waals surface area contributed by atoms with E-state index in [4.69, 9.17) is 9.47 Å². The van der Waals surface area contributed by atoms with Crippen LogP contribution in [0.4, 0.5) is 0 Å². The number of benzene rings is 1. The Kier molecular flexibility index (Phi) is 4.65. The van der Waals surface area contributed by atoms with Crippen molar-refractivity contribution in [3.63, 3.8) is 0 Å². The Morgan fingerprint density at radius 3 is 2.57 bits per heavy atom. The van der Waals surface area contributed by atoms with E-state index in [1.54, 1.807) is 38.3 Å². The van der Waals surface area contributed by atoms with E-state index in [1.165, 1.54) is 10.9 Å². The first kappa shape index (κ1) is 14.7. The van der Waals surface area contributed by atoms with Crippen molar-refractivity contribution in [1.29, 1.82) is 0 Å². The van der Waals surface area contributed by atoms with Gasteiger partial charge in [-0.1, -0.05) is 5.21 Å². The number of ether oxygens (including phenoxy) is 2. The van der Waals surface area contributed by atoms with Crippen molar-refractivity contribution in [3.8, 4) is 5.75 Å². The van der Waals surface area contributed by atoms with Crippen LogP contribution in [0.3, 0.4) is 0 Å². The number of esters is 1. The standard InChI is InChI=1S/C14H15N3O4/c1-3-21-14(19)12-8-17(16-15-12)9-13(18)10-4-6-11(20-2)7-5-10/h4-8H,3,9H2,1-2H3. The summed E-state index contributed by atoms with van der Waals surface area (Å²) in [6.45, 7) is 1.96. The zero-order valence-corrected chi connectivity index (χ0v) is 11.8. The van der Waals surface area contributed by atoms with Crippen molar-refractivity contribution in [3.05, 3.63) is 41.7 Å². The molecule has 0 N–H and O–H groups in total. The molecule has 0 saturated carbocycles. The van der Waals surface area contributed by atoms with Gasteiger partial charge in [-0.2, -0.15) is 0 Å². The minimum absolute atomic E-state index is 0.00126. The average molecular weight is 289 g/mol. The molecule has 0 saturated heterocycles. The maximum atomic E-state index is 12.1. The number of hydrogen-bond acceptors (Lipinski definition) is 6. The predicted octanol–water partition coefficient (Wildman–Crippen LogP) is 1.35. The summed E-state index contributed by atoms with van der Waals surface area (Å²) in [6.07, 6.45) is 1.39. The molecule has 0 aliphatic heterocycles. The molecule has 2 rings (SSSR count). The van der Waals surface area contributed by atoms with Gasteiger partial charge in [-0.25, -0.2) is 9.48 Å². The summed E-state index contributed by atoms with van der Waals surface area (Å²) in [5.41, 5.74) is 0.614. The van der Waals surface area contributed by atoms with Crippen LogP contribution in [0, 0.1) is 0 Å². The van der Waals surface area contributed by atoms with Gasteiger partial charge in [-0.15, -0.1) is 5.10 Å². The smallest absolute Gasteiger partial charge is 0.360 e. The van der Waals surface area contributed by atoms with E-state index in [-0.39, 0.29) is 24.6 Å². The molecular formula is C14H15N3O4. The molecule has 0 aliphatic rings. The summed E-state index contributed by atoms with van der Waals surface area (Å²) in [4.78, 5) is 23.5. The fourth-order valence-electron chi connectivity index (χ4n) is 1.69. The fourth-order valence-corrected chi connectivity index (χ4v) is 1.69. The molecule has 0 fully saturated rings. The molecule has 0 bridgehead atoms. The van der Waals surface area contributed by atoms with Crippen molar-refractivity contribution >= 4 is 11.8 Å². The third-order valence-electron chi connectivity index (χ3n) is 2.74. The minimum atomic E-state index is -0.555. The summed E-state index contributed by atoms with van der Waals surface area (Å²) in [5, 5.41) is 7.41. The second-order valence-electron chi connectivity index (χ2n) is 4.17. The van der Waals surface area contributed by atoms with Crippen LogP contribution in [0.5, 0.6) is 5.75 Å². The van der Waals surface area contributed by atoms with Gasteiger partial charge in [0.2, 0.25) is 0 Å². The van der Waals surface area contributed by atoms with E-state index in [2.05, 4.69) is 10.3 Å². The number of hydrogen-bond donors (Lipinski definition) is 0. The number of carbonyl (C=O) groups excluding carboxylic acids is 2. The highest BCUT2D eigenvalue weighted by Gasteiger charge is 2.14. The number of rotatable bonds is 6. The molecule has 1 aromatic heterocycles. The van der Waals surface area contributed by atoms with Crippen LogP contribution >= 0.6 is 0 Å². The lowest BCUT2D eigenvalue weighted by Gasteiger charge is -2.02. The Bertz CT molecular complexity index is 634. The van der Waals surface area contributed by atoms with Gasteiger partial charge >= 0.3 is 5.97 Å². The Morgan fingerprint density at radius 1 is 1.24 bits per heavy atom. The first-order chi connectivity index (χ1) is 10.1. The molecule has 0 atom stereocenters. The average Bonchev–Trinajstić information content (AvgIpc) is 2.96. The first-order valence-corrected chi connectivity index (χ1v) is 6.38. The number of methoxy groups -OCH3 is 1. The summed E-state index contributed by atoms with van der Waals surface area (Å²) < 4.78 is 11.1. The second kappa shape index (κ2) is 6.65. The normalized spacial score (nSPS) is 10.2. The Morgan fingerprint density at radius 2 is 1.95 bits per heavy atom. The molecule has 0 spiro atoms. The van der Waals surface area contributed by atoms with Crippen LogP contribution in [-0.4, -0.2) is 40.5 Å². The van der Waals surface area contributed by atoms with Crippen LogP contribution in [-0.2, 0) is 11.3 Å². The van der Waals surface area contributed by atoms with Crippen LogP contribution in [0.15, 0.2) is 30.5 Å². The number of carbonyl (C=O) groups is 2. The third-order valence-corrected chi connectivity index (χ3v) is 2.74. The van der Waals surface area contributed by atoms with Gasteiger partial charge in [0.25, 0.3) is 0 Å². The zero-order chi connectivity index (χ0) is 15.2. The monoisotopic (exact) mass is 289 g/mol. The van der Waals surface area contributed by atoms with Gasteiger partial charge < -0.3 is 9.47 Å². The molecule has 0 unspecified atom stereocenters. The molecule has 1 heterocycles. The maximum Gasteiger partial charge on any atom is 0.360 e. The Labute approximate surface area is 121 Å². The van der Waals surface area contributed by atoms with Gasteiger partial charge in [0.1, 0.15) is 12.3 Å². The predicted molar refractivity (Wildman–Crippen MR) is 73.3 cm³/mol. The van der Waals surface area contributed by atoms with Gasteiger partial charge in [-0.3, -0.25) is 4.79 Å². The molecule has 7 nitrogen and oxygen atoms in total. The quantitative estimate of drug-likeness (QED) is 0.589. The SMILES string of the molecule is CCOC(=O)c1cn(CC(=O)c2ccc(OC)cc2)nn1. The van der Waals surface area contributed by atoms with E-state index >= 15 is 0 Å². The van der Waals surface area contributed by atoms with Gasteiger partial charge in [-0.05, 0) is 31.2 Å². The topological polar surface area (TPSA) is 83.3 Å². The number of nitrogens with zero attached hydrogens (tertiary/aromatic N) is 3. The highest BCUT2D eigenvalue weighted by atomic mass is 16.5. The molecule has 0 aliphatic carbocycles. The van der Waals surface area contributed by atoms with Crippen molar-refractivity contribution in [1.82, 2.24) is 15.0 Å². The lowest BCUT2D eigenvalue weighted by atomic mass is 10.1. The molecule has 110 valence electrons. The Balaban J connectivity index is 2.03. The van der Waals surface area contributed by atoms with Gasteiger partial charge in [0, 0.05) is 5.56 Å². The van der Waals surface area contributed by atoms with Crippen molar-refractivity contribution in [2.75, 3.05) is 13.7 Å². The maximum absolute atomic E-state index is 12.1. The molecule has 7 heteroatoms. The van der Waals surface area contributed by atoms with Crippen LogP contribution in [0.1, 0.15) is 27.8 Å². The third kappa shape index (κ3) is 3.65. The number of ketones is 1. The van der Waals surface area contributed by atoms with E-state index in [1.807, 2.05) is 0 Å². The molecule has 0 amide bonds. The van der Waals surface area contributed by atoms with E-state index in [0.29, 0.717) is 11.3 Å². The molecule has 1 aromatic carbocycles. The Hall–Kier alpha value is -2.70. The lowest BCUT2D eigenvalue weighted by molar-refractivity contribution is 0.0519. The second-order valence-corrected chi connectivity index (χ2v) is 4.17. The summed E-state index contributed by atoms with van der Waals surface area (Å²) >= 11 is 0. The van der Waals surface area contributed by atoms with Crippen molar-refractivity contribution in [2.24, 2.45) is 0 Å². The van der Waals surface area contributed by atoms with Crippen LogP contribution in [0.25, 0.3) is 0 Å². The molecule has 0 radical (unpaired) electrons. The zero-order valence-electron chi connectivity index (χ0n) is 11.8. The fraction of sp³-hybridized carbons (Fsp3) is 0.286. The van der Waals surface area contributed by atoms with Crippen LogP contribution in [0.2, 0.25) is 0 Å². The summed E-state index contributed by atoms with van der Waals surface area (Å²) in [5.74, 6) is -0.0180. The lowest BCUT2D eigenvalue weighted by Crippen LogP contribution is -2.11. The highest BCUT2D eigenvalue weighted by molar-refractivity contribution is 5.96. The molecular weight excluding hydrogens is 274 g/mol. The van der Waals surface area contributed by atoms with Gasteiger partial charge in [0.15, 0.2) is 11.5 Å². The molecule has 2 aromatic rings. The molecule has 21 heavy (non-hydrogen) atoms. The largest absolute Gasteiger partial charge is 0.497 e. The summed E-state index contributed by atoms with van der Waals surface area (Å²) in [6, 6.07) is 6.76. The van der Waals surface area contributed by atoms with E-state index in [9.17, 15) is 9.59 Å². The summed E-state index contributed by atoms with van der Waals surface area (Å²) in [7, 11) is 1.56. The highest BCUT2D eigenvalue weighted by Crippen LogP contribution is 2.12. The van der Waals surface area contributed by atoms with E-state index < -0.39 is 5.97 Å². The first-order valence-electron chi connectivity index (χ1n) is 6.38. The number of aromatic nitrogens is 3. The van der Waals surface area contributed by atoms with Gasteiger partial charge in [0.05, 0.1) is 19.9 Å². The van der Waals surface area contributed by atoms with Crippen molar-refractivity contribution in [2.45, 2.75) is 13.5 Å². The van der Waals surface area contributed by atoms with E-state index in [0.717, 1.165) is 0 Å². The van der Waals surface area contributed by atoms with Crippen molar-refractivity contribution < 1.29 is 19.1 Å².